The van der Waals surface area contributed by atoms with Gasteiger partial charge in [-0.25, -0.2) is 5.01 Å². The molecule has 2 aromatic carbocycles. The highest BCUT2D eigenvalue weighted by Crippen LogP contribution is 2.22. The molecule has 7 N–H and O–H groups in total. The zero-order valence-corrected chi connectivity index (χ0v) is 21.4. The Balaban J connectivity index is 1.88. The number of rotatable bonds is 12. The number of hydrogen-bond acceptors (Lipinski definition) is 7. The van der Waals surface area contributed by atoms with E-state index in [9.17, 15) is 19.7 Å². The van der Waals surface area contributed by atoms with Crippen molar-refractivity contribution in [3.63, 3.8) is 0 Å². The van der Waals surface area contributed by atoms with E-state index in [4.69, 9.17) is 17.2 Å². The van der Waals surface area contributed by atoms with Gasteiger partial charge in [0.1, 0.15) is 6.04 Å². The normalized spacial score (nSPS) is 15.2. The number of nitrogens with two attached hydrogens (primary N) is 3. The van der Waals surface area contributed by atoms with Gasteiger partial charge in [-0.3, -0.25) is 29.7 Å². The molecule has 204 valence electrons. The highest BCUT2D eigenvalue weighted by atomic mass is 16.6. The van der Waals surface area contributed by atoms with E-state index in [0.29, 0.717) is 38.2 Å². The Morgan fingerprint density at radius 1 is 1.05 bits per heavy atom. The van der Waals surface area contributed by atoms with Crippen molar-refractivity contribution in [1.82, 2.24) is 10.0 Å². The van der Waals surface area contributed by atoms with E-state index in [1.54, 1.807) is 0 Å². The van der Waals surface area contributed by atoms with Gasteiger partial charge in [-0.15, -0.1) is 0 Å². The maximum atomic E-state index is 13.8. The maximum Gasteiger partial charge on any atom is 0.269 e. The third-order valence-electron chi connectivity index (χ3n) is 6.35. The van der Waals surface area contributed by atoms with Gasteiger partial charge in [0, 0.05) is 37.5 Å². The molecule has 2 aromatic rings. The smallest absolute Gasteiger partial charge is 0.269 e. The zero-order chi connectivity index (χ0) is 27.5. The Hall–Kier alpha value is -4.03. The number of nitro groups is 1. The number of non-ortho nitro benzene ring substituents is 1. The standard InChI is InChI=1S/C26H36N8O4/c27-22(18-19-8-3-1-4-9-19)25(36)33(32-16-5-2-6-17-32)23(10-7-15-30-26(28)29)24(35)31-20-11-13-21(14-12-20)34(37)38/h1,3-4,8-9,11-14,22-23H,2,5-7,10,15-18,27H2,(H,31,35)(H4,28,29,30)/t22-,23+/m1/s1. The van der Waals surface area contributed by atoms with E-state index in [1.165, 1.54) is 29.3 Å². The SMILES string of the molecule is NC(N)=NCCC[C@@H](C(=O)Nc1ccc([N+](=O)[O-])cc1)N(C(=O)[C@H](N)Cc1ccccc1)N1CCCCC1. The van der Waals surface area contributed by atoms with Crippen molar-refractivity contribution in [2.24, 2.45) is 22.2 Å². The Morgan fingerprint density at radius 3 is 2.32 bits per heavy atom. The lowest BCUT2D eigenvalue weighted by atomic mass is 10.0. The molecule has 2 atom stereocenters. The summed E-state index contributed by atoms with van der Waals surface area (Å²) in [6, 6.07) is 13.3. The van der Waals surface area contributed by atoms with Crippen LogP contribution in [0, 0.1) is 10.1 Å². The quantitative estimate of drug-likeness (QED) is 0.106. The molecular weight excluding hydrogens is 488 g/mol. The molecule has 0 bridgehead atoms. The van der Waals surface area contributed by atoms with Gasteiger partial charge >= 0.3 is 0 Å². The topological polar surface area (TPSA) is 186 Å². The van der Waals surface area contributed by atoms with Crippen LogP contribution in [0.25, 0.3) is 0 Å². The van der Waals surface area contributed by atoms with Crippen LogP contribution in [0.5, 0.6) is 0 Å². The summed E-state index contributed by atoms with van der Waals surface area (Å²) < 4.78 is 0. The molecule has 12 nitrogen and oxygen atoms in total. The highest BCUT2D eigenvalue weighted by Gasteiger charge is 2.37. The Kier molecular flexibility index (Phi) is 10.6. The molecule has 1 heterocycles. The molecule has 0 aromatic heterocycles. The molecule has 1 saturated heterocycles. The molecule has 2 amide bonds. The van der Waals surface area contributed by atoms with Crippen molar-refractivity contribution in [2.75, 3.05) is 25.0 Å². The fraction of sp³-hybridized carbons (Fsp3) is 0.423. The van der Waals surface area contributed by atoms with Gasteiger partial charge < -0.3 is 22.5 Å². The predicted molar refractivity (Wildman–Crippen MR) is 146 cm³/mol. The minimum atomic E-state index is -0.883. The van der Waals surface area contributed by atoms with Crippen molar-refractivity contribution >= 4 is 29.1 Å². The van der Waals surface area contributed by atoms with Crippen LogP contribution in [0.3, 0.4) is 0 Å². The monoisotopic (exact) mass is 524 g/mol. The van der Waals surface area contributed by atoms with Gasteiger partial charge in [-0.1, -0.05) is 36.8 Å². The van der Waals surface area contributed by atoms with E-state index in [1.807, 2.05) is 35.3 Å². The number of benzene rings is 2. The fourth-order valence-corrected chi connectivity index (χ4v) is 4.46. The summed E-state index contributed by atoms with van der Waals surface area (Å²) in [6.07, 6.45) is 3.88. The number of carbonyl (C=O) groups excluding carboxylic acids is 2. The molecule has 0 unspecified atom stereocenters. The van der Waals surface area contributed by atoms with Crippen LogP contribution in [-0.4, -0.2) is 64.4 Å². The first-order chi connectivity index (χ1) is 18.3. The number of piperidine rings is 1. The highest BCUT2D eigenvalue weighted by molar-refractivity contribution is 5.97. The Morgan fingerprint density at radius 2 is 1.71 bits per heavy atom. The molecule has 0 aliphatic carbocycles. The lowest BCUT2D eigenvalue weighted by Crippen LogP contribution is -2.61. The molecule has 1 aliphatic heterocycles. The van der Waals surface area contributed by atoms with E-state index >= 15 is 0 Å². The summed E-state index contributed by atoms with van der Waals surface area (Å²) in [7, 11) is 0. The number of hydrogen-bond donors (Lipinski definition) is 4. The van der Waals surface area contributed by atoms with Crippen molar-refractivity contribution in [3.8, 4) is 0 Å². The molecule has 1 aliphatic rings. The third-order valence-corrected chi connectivity index (χ3v) is 6.35. The summed E-state index contributed by atoms with van der Waals surface area (Å²) >= 11 is 0. The minimum Gasteiger partial charge on any atom is -0.370 e. The van der Waals surface area contributed by atoms with Gasteiger partial charge in [0.15, 0.2) is 5.96 Å². The average Bonchev–Trinajstić information content (AvgIpc) is 2.91. The molecule has 38 heavy (non-hydrogen) atoms. The molecule has 12 heteroatoms. The number of nitro benzene ring substituents is 1. The van der Waals surface area contributed by atoms with Crippen molar-refractivity contribution in [1.29, 1.82) is 0 Å². The number of carbonyl (C=O) groups is 2. The van der Waals surface area contributed by atoms with Crippen LogP contribution >= 0.6 is 0 Å². The number of hydrazine groups is 1. The Bertz CT molecular complexity index is 1100. The molecule has 0 saturated carbocycles. The second-order valence-corrected chi connectivity index (χ2v) is 9.25. The second-order valence-electron chi connectivity index (χ2n) is 9.25. The van der Waals surface area contributed by atoms with E-state index < -0.39 is 22.9 Å². The van der Waals surface area contributed by atoms with Crippen LogP contribution < -0.4 is 22.5 Å². The lowest BCUT2D eigenvalue weighted by molar-refractivity contribution is -0.384. The van der Waals surface area contributed by atoms with E-state index in [-0.39, 0.29) is 24.0 Å². The number of anilines is 1. The number of nitrogens with one attached hydrogen (secondary N) is 1. The predicted octanol–water partition coefficient (Wildman–Crippen LogP) is 1.76. The van der Waals surface area contributed by atoms with Gasteiger partial charge in [0.2, 0.25) is 5.91 Å². The molecule has 0 radical (unpaired) electrons. The summed E-state index contributed by atoms with van der Waals surface area (Å²) in [4.78, 5) is 42.0. The lowest BCUT2D eigenvalue weighted by Gasteiger charge is -2.42. The van der Waals surface area contributed by atoms with Crippen LogP contribution in [-0.2, 0) is 16.0 Å². The number of nitrogens with zero attached hydrogens (tertiary/aromatic N) is 4. The Labute approximate surface area is 222 Å². The molecule has 3 rings (SSSR count). The molecular formula is C26H36N8O4. The van der Waals surface area contributed by atoms with Gasteiger partial charge in [0.25, 0.3) is 11.6 Å². The first-order valence-electron chi connectivity index (χ1n) is 12.7. The van der Waals surface area contributed by atoms with Crippen LogP contribution in [0.4, 0.5) is 11.4 Å². The van der Waals surface area contributed by atoms with Gasteiger partial charge in [-0.2, -0.15) is 0 Å². The maximum absolute atomic E-state index is 13.8. The zero-order valence-electron chi connectivity index (χ0n) is 21.4. The number of aliphatic imine (C=N–C) groups is 1. The van der Waals surface area contributed by atoms with E-state index in [0.717, 1.165) is 24.8 Å². The average molecular weight is 525 g/mol. The fourth-order valence-electron chi connectivity index (χ4n) is 4.46. The minimum absolute atomic E-state index is 0.0503. The summed E-state index contributed by atoms with van der Waals surface area (Å²) in [6.45, 7) is 1.54. The largest absolute Gasteiger partial charge is 0.370 e. The third kappa shape index (κ3) is 8.25. The van der Waals surface area contributed by atoms with Gasteiger partial charge in [-0.05, 0) is 49.8 Å². The summed E-state index contributed by atoms with van der Waals surface area (Å²) in [5.74, 6) is -0.818. The van der Waals surface area contributed by atoms with Gasteiger partial charge in [0.05, 0.1) is 11.0 Å². The van der Waals surface area contributed by atoms with Crippen LogP contribution in [0.1, 0.15) is 37.7 Å². The number of amides is 2. The van der Waals surface area contributed by atoms with Crippen LogP contribution in [0.15, 0.2) is 59.6 Å². The van der Waals surface area contributed by atoms with Crippen molar-refractivity contribution in [3.05, 3.63) is 70.3 Å². The van der Waals surface area contributed by atoms with Crippen molar-refractivity contribution < 1.29 is 14.5 Å². The number of guanidine groups is 1. The van der Waals surface area contributed by atoms with Crippen molar-refractivity contribution in [2.45, 2.75) is 50.6 Å². The molecule has 0 spiro atoms. The summed E-state index contributed by atoms with van der Waals surface area (Å²) in [5.41, 5.74) is 18.5. The van der Waals surface area contributed by atoms with Crippen LogP contribution in [0.2, 0.25) is 0 Å². The first-order valence-corrected chi connectivity index (χ1v) is 12.7. The first kappa shape index (κ1) is 28.5. The summed E-state index contributed by atoms with van der Waals surface area (Å²) in [5, 5.41) is 17.2. The molecule has 1 fully saturated rings. The van der Waals surface area contributed by atoms with E-state index in [2.05, 4.69) is 10.3 Å². The second kappa shape index (κ2) is 14.1.